The molecule has 7 heteroatoms. The van der Waals surface area contributed by atoms with Crippen LogP contribution in [0.3, 0.4) is 0 Å². The smallest absolute Gasteiger partial charge is 0.183 e. The van der Waals surface area contributed by atoms with Gasteiger partial charge >= 0.3 is 0 Å². The van der Waals surface area contributed by atoms with Gasteiger partial charge in [0.05, 0.1) is 13.8 Å². The first-order valence-corrected chi connectivity index (χ1v) is 8.01. The molecule has 0 radical (unpaired) electrons. The van der Waals surface area contributed by atoms with Crippen molar-refractivity contribution in [3.8, 4) is 5.75 Å². The van der Waals surface area contributed by atoms with Crippen LogP contribution in [0, 0.1) is 0 Å². The minimum atomic E-state index is 0.448. The van der Waals surface area contributed by atoms with Gasteiger partial charge in [-0.15, -0.1) is 11.3 Å². The predicted octanol–water partition coefficient (Wildman–Crippen LogP) is 5.66. The first kappa shape index (κ1) is 13.8. The van der Waals surface area contributed by atoms with Crippen molar-refractivity contribution >= 4 is 70.7 Å². The highest BCUT2D eigenvalue weighted by Crippen LogP contribution is 2.37. The van der Waals surface area contributed by atoms with Crippen molar-refractivity contribution in [2.75, 3.05) is 0 Å². The standard InChI is InChI=1S/C10H5Br3ClNOS/c11-5-1-7(12)9(8(13)2-5)16-4-6-3-15-10(14)17-6/h1-3H,4H2. The van der Waals surface area contributed by atoms with Crippen molar-refractivity contribution in [3.63, 3.8) is 0 Å². The van der Waals surface area contributed by atoms with Gasteiger partial charge in [-0.2, -0.15) is 0 Å². The van der Waals surface area contributed by atoms with Crippen LogP contribution in [-0.2, 0) is 6.61 Å². The van der Waals surface area contributed by atoms with E-state index in [9.17, 15) is 0 Å². The normalized spacial score (nSPS) is 10.6. The van der Waals surface area contributed by atoms with Crippen molar-refractivity contribution in [1.29, 1.82) is 0 Å². The number of ether oxygens (including phenoxy) is 1. The number of halogens is 4. The molecule has 1 aromatic carbocycles. The number of hydrogen-bond donors (Lipinski definition) is 0. The van der Waals surface area contributed by atoms with Gasteiger partial charge in [-0.25, -0.2) is 4.98 Å². The zero-order valence-corrected chi connectivity index (χ0v) is 14.5. The minimum Gasteiger partial charge on any atom is -0.486 e. The van der Waals surface area contributed by atoms with E-state index in [2.05, 4.69) is 52.8 Å². The van der Waals surface area contributed by atoms with E-state index in [1.54, 1.807) is 6.20 Å². The zero-order valence-electron chi connectivity index (χ0n) is 8.21. The molecule has 90 valence electrons. The molecule has 0 unspecified atom stereocenters. The summed E-state index contributed by atoms with van der Waals surface area (Å²) >= 11 is 17.5. The zero-order chi connectivity index (χ0) is 12.4. The minimum absolute atomic E-state index is 0.448. The fraction of sp³-hybridized carbons (Fsp3) is 0.100. The third kappa shape index (κ3) is 3.67. The van der Waals surface area contributed by atoms with E-state index in [1.165, 1.54) is 11.3 Å². The molecule has 2 aromatic rings. The lowest BCUT2D eigenvalue weighted by atomic mass is 10.3. The van der Waals surface area contributed by atoms with E-state index in [0.717, 1.165) is 24.0 Å². The van der Waals surface area contributed by atoms with E-state index in [1.807, 2.05) is 12.1 Å². The molecule has 0 bridgehead atoms. The monoisotopic (exact) mass is 459 g/mol. The summed E-state index contributed by atoms with van der Waals surface area (Å²) in [5.74, 6) is 0.762. The Morgan fingerprint density at radius 3 is 2.41 bits per heavy atom. The summed E-state index contributed by atoms with van der Waals surface area (Å²) in [5, 5.41) is 0. The van der Waals surface area contributed by atoms with Crippen LogP contribution in [-0.4, -0.2) is 4.98 Å². The lowest BCUT2D eigenvalue weighted by Gasteiger charge is -2.09. The maximum absolute atomic E-state index is 5.75. The molecule has 1 heterocycles. The summed E-state index contributed by atoms with van der Waals surface area (Å²) in [7, 11) is 0. The number of aromatic nitrogens is 1. The number of rotatable bonds is 3. The molecule has 0 spiro atoms. The highest BCUT2D eigenvalue weighted by atomic mass is 79.9. The molecule has 0 aliphatic carbocycles. The summed E-state index contributed by atoms with van der Waals surface area (Å²) in [6.07, 6.45) is 1.72. The van der Waals surface area contributed by atoms with Gasteiger partial charge < -0.3 is 4.74 Å². The van der Waals surface area contributed by atoms with Crippen molar-refractivity contribution < 1.29 is 4.74 Å². The number of thiazole rings is 1. The summed E-state index contributed by atoms with van der Waals surface area (Å²) in [6, 6.07) is 3.86. The number of nitrogens with zero attached hydrogens (tertiary/aromatic N) is 1. The predicted molar refractivity (Wildman–Crippen MR) is 81.0 cm³/mol. The highest BCUT2D eigenvalue weighted by Gasteiger charge is 2.09. The topological polar surface area (TPSA) is 22.1 Å². The lowest BCUT2D eigenvalue weighted by molar-refractivity contribution is 0.305. The maximum atomic E-state index is 5.75. The van der Waals surface area contributed by atoms with Crippen molar-refractivity contribution in [3.05, 3.63) is 41.1 Å². The van der Waals surface area contributed by atoms with Gasteiger partial charge in [-0.3, -0.25) is 0 Å². The Morgan fingerprint density at radius 2 is 1.88 bits per heavy atom. The molecule has 2 rings (SSSR count). The Morgan fingerprint density at radius 1 is 1.24 bits per heavy atom. The third-order valence-electron chi connectivity index (χ3n) is 1.85. The van der Waals surface area contributed by atoms with Crippen molar-refractivity contribution in [2.45, 2.75) is 6.61 Å². The maximum Gasteiger partial charge on any atom is 0.183 e. The summed E-state index contributed by atoms with van der Waals surface area (Å²) in [5.41, 5.74) is 0. The largest absolute Gasteiger partial charge is 0.486 e. The molecule has 0 N–H and O–H groups in total. The molecular weight excluding hydrogens is 457 g/mol. The van der Waals surface area contributed by atoms with Crippen LogP contribution in [0.1, 0.15) is 4.88 Å². The van der Waals surface area contributed by atoms with E-state index in [4.69, 9.17) is 16.3 Å². The molecule has 0 saturated heterocycles. The van der Waals surface area contributed by atoms with Gasteiger partial charge in [0.15, 0.2) is 4.47 Å². The van der Waals surface area contributed by atoms with E-state index < -0.39 is 0 Å². The molecule has 1 aromatic heterocycles. The first-order valence-electron chi connectivity index (χ1n) is 4.44. The van der Waals surface area contributed by atoms with Crippen LogP contribution in [0.25, 0.3) is 0 Å². The molecule has 0 aliphatic rings. The van der Waals surface area contributed by atoms with E-state index in [-0.39, 0.29) is 0 Å². The van der Waals surface area contributed by atoms with Gasteiger partial charge in [-0.05, 0) is 44.0 Å². The Kier molecular flexibility index (Phi) is 4.88. The van der Waals surface area contributed by atoms with Crippen LogP contribution in [0.2, 0.25) is 4.47 Å². The molecule has 2 nitrogen and oxygen atoms in total. The fourth-order valence-electron chi connectivity index (χ4n) is 1.16. The summed E-state index contributed by atoms with van der Waals surface area (Å²) in [4.78, 5) is 4.94. The van der Waals surface area contributed by atoms with Gasteiger partial charge in [0.25, 0.3) is 0 Å². The van der Waals surface area contributed by atoms with Crippen LogP contribution < -0.4 is 4.74 Å². The number of benzene rings is 1. The third-order valence-corrected chi connectivity index (χ3v) is 4.57. The van der Waals surface area contributed by atoms with E-state index >= 15 is 0 Å². The average molecular weight is 462 g/mol. The van der Waals surface area contributed by atoms with Gasteiger partial charge in [-0.1, -0.05) is 27.5 Å². The SMILES string of the molecule is Clc1ncc(COc2c(Br)cc(Br)cc2Br)s1. The van der Waals surface area contributed by atoms with Gasteiger partial charge in [0.1, 0.15) is 12.4 Å². The van der Waals surface area contributed by atoms with Gasteiger partial charge in [0, 0.05) is 10.7 Å². The van der Waals surface area contributed by atoms with E-state index in [0.29, 0.717) is 11.1 Å². The second kappa shape index (κ2) is 6.02. The Labute approximate surface area is 133 Å². The number of hydrogen-bond acceptors (Lipinski definition) is 3. The summed E-state index contributed by atoms with van der Waals surface area (Å²) in [6.45, 7) is 0.448. The second-order valence-corrected chi connectivity index (χ2v) is 7.39. The molecule has 0 atom stereocenters. The Hall–Kier alpha value is 0.380. The summed E-state index contributed by atoms with van der Waals surface area (Å²) < 4.78 is 8.99. The quantitative estimate of drug-likeness (QED) is 0.587. The van der Waals surface area contributed by atoms with Crippen molar-refractivity contribution in [2.24, 2.45) is 0 Å². The molecular formula is C10H5Br3ClNOS. The van der Waals surface area contributed by atoms with Crippen LogP contribution in [0.15, 0.2) is 31.7 Å². The molecule has 0 aliphatic heterocycles. The molecule has 17 heavy (non-hydrogen) atoms. The second-order valence-electron chi connectivity index (χ2n) is 3.07. The lowest BCUT2D eigenvalue weighted by Crippen LogP contribution is -1.94. The molecule has 0 fully saturated rings. The first-order chi connectivity index (χ1) is 8.06. The van der Waals surface area contributed by atoms with Crippen LogP contribution >= 0.6 is 70.7 Å². The van der Waals surface area contributed by atoms with Crippen LogP contribution in [0.4, 0.5) is 0 Å². The Bertz CT molecular complexity index is 523. The molecule has 0 amide bonds. The fourth-order valence-corrected chi connectivity index (χ4v) is 4.54. The molecule has 0 saturated carbocycles. The highest BCUT2D eigenvalue weighted by molar-refractivity contribution is 9.11. The van der Waals surface area contributed by atoms with Gasteiger partial charge in [0.2, 0.25) is 0 Å². The Balaban J connectivity index is 2.14. The van der Waals surface area contributed by atoms with Crippen molar-refractivity contribution in [1.82, 2.24) is 4.98 Å². The average Bonchev–Trinajstić information content (AvgIpc) is 2.62. The van der Waals surface area contributed by atoms with Crippen LogP contribution in [0.5, 0.6) is 5.75 Å².